The van der Waals surface area contributed by atoms with Crippen molar-refractivity contribution in [1.29, 1.82) is 0 Å². The molecule has 25 heavy (non-hydrogen) atoms. The lowest BCUT2D eigenvalue weighted by atomic mass is 10.1. The molecule has 0 spiro atoms. The summed E-state index contributed by atoms with van der Waals surface area (Å²) >= 11 is 0. The molecule has 2 aliphatic rings. The van der Waals surface area contributed by atoms with Crippen molar-refractivity contribution in [3.63, 3.8) is 0 Å². The average molecular weight is 366 g/mol. The van der Waals surface area contributed by atoms with Crippen molar-refractivity contribution in [2.24, 2.45) is 5.92 Å². The standard InChI is InChI=1S/C18H26N2O4S/c1-14(2)13-20(16-6-7-16)18(21)15-4-3-5-17(12-15)25(22,23)19-8-10-24-11-9-19/h3-5,12,14,16H,6-11,13H2,1-2H3. The number of morpholine rings is 1. The van der Waals surface area contributed by atoms with E-state index in [1.807, 2.05) is 4.90 Å². The third-order valence-corrected chi connectivity index (χ3v) is 6.39. The van der Waals surface area contributed by atoms with E-state index in [2.05, 4.69) is 13.8 Å². The Labute approximate surface area is 149 Å². The maximum absolute atomic E-state index is 12.9. The highest BCUT2D eigenvalue weighted by Gasteiger charge is 2.34. The average Bonchev–Trinajstić information content (AvgIpc) is 3.45. The third-order valence-electron chi connectivity index (χ3n) is 4.50. The second-order valence-electron chi connectivity index (χ2n) is 7.13. The second-order valence-corrected chi connectivity index (χ2v) is 9.06. The number of benzene rings is 1. The van der Waals surface area contributed by atoms with Gasteiger partial charge in [-0.2, -0.15) is 4.31 Å². The summed E-state index contributed by atoms with van der Waals surface area (Å²) in [5.74, 6) is 0.306. The zero-order valence-corrected chi connectivity index (χ0v) is 15.7. The van der Waals surface area contributed by atoms with Gasteiger partial charge >= 0.3 is 0 Å². The molecule has 1 amide bonds. The van der Waals surface area contributed by atoms with Gasteiger partial charge in [0.1, 0.15) is 0 Å². The zero-order chi connectivity index (χ0) is 18.0. The Morgan fingerprint density at radius 3 is 2.56 bits per heavy atom. The molecule has 0 radical (unpaired) electrons. The van der Waals surface area contributed by atoms with Crippen LogP contribution in [0.25, 0.3) is 0 Å². The van der Waals surface area contributed by atoms with E-state index in [1.54, 1.807) is 18.2 Å². The molecule has 2 fully saturated rings. The van der Waals surface area contributed by atoms with Crippen LogP contribution in [0, 0.1) is 5.92 Å². The molecule has 0 N–H and O–H groups in total. The van der Waals surface area contributed by atoms with Crippen LogP contribution in [0.4, 0.5) is 0 Å². The molecule has 7 heteroatoms. The van der Waals surface area contributed by atoms with Crippen LogP contribution < -0.4 is 0 Å². The Kier molecular flexibility index (Phi) is 5.46. The molecule has 0 atom stereocenters. The van der Waals surface area contributed by atoms with E-state index in [1.165, 1.54) is 10.4 Å². The summed E-state index contributed by atoms with van der Waals surface area (Å²) < 4.78 is 32.3. The van der Waals surface area contributed by atoms with Crippen LogP contribution in [0.3, 0.4) is 0 Å². The number of ether oxygens (including phenoxy) is 1. The van der Waals surface area contributed by atoms with Crippen LogP contribution in [0.15, 0.2) is 29.2 Å². The van der Waals surface area contributed by atoms with Crippen LogP contribution in [0.1, 0.15) is 37.0 Å². The zero-order valence-electron chi connectivity index (χ0n) is 14.8. The summed E-state index contributed by atoms with van der Waals surface area (Å²) in [5, 5.41) is 0. The van der Waals surface area contributed by atoms with E-state index in [4.69, 9.17) is 4.74 Å². The predicted octanol–water partition coefficient (Wildman–Crippen LogP) is 1.97. The molecule has 1 aromatic rings. The highest BCUT2D eigenvalue weighted by atomic mass is 32.2. The normalized spacial score (nSPS) is 19.2. The van der Waals surface area contributed by atoms with E-state index in [0.29, 0.717) is 50.4 Å². The van der Waals surface area contributed by atoms with Gasteiger partial charge < -0.3 is 9.64 Å². The van der Waals surface area contributed by atoms with Crippen molar-refractivity contribution in [3.8, 4) is 0 Å². The first-order valence-corrected chi connectivity index (χ1v) is 10.3. The molecule has 138 valence electrons. The highest BCUT2D eigenvalue weighted by molar-refractivity contribution is 7.89. The van der Waals surface area contributed by atoms with Gasteiger partial charge in [0.05, 0.1) is 18.1 Å². The van der Waals surface area contributed by atoms with Gasteiger partial charge in [0.15, 0.2) is 0 Å². The number of amides is 1. The van der Waals surface area contributed by atoms with Gasteiger partial charge in [-0.1, -0.05) is 19.9 Å². The maximum Gasteiger partial charge on any atom is 0.254 e. The van der Waals surface area contributed by atoms with Crippen molar-refractivity contribution in [3.05, 3.63) is 29.8 Å². The molecule has 1 saturated heterocycles. The largest absolute Gasteiger partial charge is 0.379 e. The van der Waals surface area contributed by atoms with Crippen LogP contribution in [-0.2, 0) is 14.8 Å². The van der Waals surface area contributed by atoms with Gasteiger partial charge in [-0.05, 0) is 37.0 Å². The van der Waals surface area contributed by atoms with Gasteiger partial charge in [0, 0.05) is 31.2 Å². The lowest BCUT2D eigenvalue weighted by molar-refractivity contribution is 0.0720. The smallest absolute Gasteiger partial charge is 0.254 e. The molecular weight excluding hydrogens is 340 g/mol. The van der Waals surface area contributed by atoms with Crippen LogP contribution in [0.5, 0.6) is 0 Å². The molecule has 0 aromatic heterocycles. The number of carbonyl (C=O) groups is 1. The Bertz CT molecular complexity index is 722. The van der Waals surface area contributed by atoms with Gasteiger partial charge in [0.2, 0.25) is 10.0 Å². The first-order chi connectivity index (χ1) is 11.9. The summed E-state index contributed by atoms with van der Waals surface area (Å²) in [7, 11) is -3.59. The van der Waals surface area contributed by atoms with Crippen molar-refractivity contribution >= 4 is 15.9 Å². The monoisotopic (exact) mass is 366 g/mol. The van der Waals surface area contributed by atoms with Gasteiger partial charge in [-0.15, -0.1) is 0 Å². The molecule has 1 aliphatic heterocycles. The van der Waals surface area contributed by atoms with Crippen molar-refractivity contribution < 1.29 is 17.9 Å². The number of hydrogen-bond donors (Lipinski definition) is 0. The minimum atomic E-state index is -3.59. The Morgan fingerprint density at radius 1 is 1.28 bits per heavy atom. The Hall–Kier alpha value is -1.44. The van der Waals surface area contributed by atoms with Crippen molar-refractivity contribution in [2.75, 3.05) is 32.8 Å². The first kappa shape index (κ1) is 18.4. The number of hydrogen-bond acceptors (Lipinski definition) is 4. The summed E-state index contributed by atoms with van der Waals surface area (Å²) in [6.45, 7) is 6.38. The Morgan fingerprint density at radius 2 is 1.96 bits per heavy atom. The topological polar surface area (TPSA) is 66.9 Å². The lowest BCUT2D eigenvalue weighted by Gasteiger charge is -2.27. The van der Waals surface area contributed by atoms with Gasteiger partial charge in [-0.25, -0.2) is 8.42 Å². The molecule has 3 rings (SSSR count). The summed E-state index contributed by atoms with van der Waals surface area (Å²) in [4.78, 5) is 15.0. The fourth-order valence-corrected chi connectivity index (χ4v) is 4.52. The molecule has 0 unspecified atom stereocenters. The van der Waals surface area contributed by atoms with E-state index in [0.717, 1.165) is 12.8 Å². The number of sulfonamides is 1. The fourth-order valence-electron chi connectivity index (χ4n) is 3.07. The fraction of sp³-hybridized carbons (Fsp3) is 0.611. The molecule has 1 heterocycles. The third kappa shape index (κ3) is 4.22. The molecule has 1 aromatic carbocycles. The first-order valence-electron chi connectivity index (χ1n) is 8.88. The van der Waals surface area contributed by atoms with Crippen molar-refractivity contribution in [1.82, 2.24) is 9.21 Å². The minimum Gasteiger partial charge on any atom is -0.379 e. The Balaban J connectivity index is 1.84. The SMILES string of the molecule is CC(C)CN(C(=O)c1cccc(S(=O)(=O)N2CCOCC2)c1)C1CC1. The molecular formula is C18H26N2O4S. The predicted molar refractivity (Wildman–Crippen MR) is 94.9 cm³/mol. The molecule has 1 aliphatic carbocycles. The van der Waals surface area contributed by atoms with Crippen LogP contribution in [-0.4, -0.2) is 62.4 Å². The van der Waals surface area contributed by atoms with E-state index >= 15 is 0 Å². The highest BCUT2D eigenvalue weighted by Crippen LogP contribution is 2.29. The van der Waals surface area contributed by atoms with Crippen LogP contribution in [0.2, 0.25) is 0 Å². The summed E-state index contributed by atoms with van der Waals surface area (Å²) in [6, 6.07) is 6.74. The van der Waals surface area contributed by atoms with E-state index in [9.17, 15) is 13.2 Å². The number of rotatable bonds is 6. The molecule has 6 nitrogen and oxygen atoms in total. The molecule has 0 bridgehead atoms. The second kappa shape index (κ2) is 7.43. The van der Waals surface area contributed by atoms with Gasteiger partial charge in [-0.3, -0.25) is 4.79 Å². The molecule has 1 saturated carbocycles. The quantitative estimate of drug-likeness (QED) is 0.772. The van der Waals surface area contributed by atoms with Crippen molar-refractivity contribution in [2.45, 2.75) is 37.6 Å². The maximum atomic E-state index is 12.9. The minimum absolute atomic E-state index is 0.0739. The number of carbonyl (C=O) groups excluding carboxylic acids is 1. The van der Waals surface area contributed by atoms with E-state index in [-0.39, 0.29) is 10.8 Å². The van der Waals surface area contributed by atoms with Crippen LogP contribution >= 0.6 is 0 Å². The van der Waals surface area contributed by atoms with Gasteiger partial charge in [0.25, 0.3) is 5.91 Å². The lowest BCUT2D eigenvalue weighted by Crippen LogP contribution is -2.40. The van der Waals surface area contributed by atoms with E-state index < -0.39 is 10.0 Å². The number of nitrogens with zero attached hydrogens (tertiary/aromatic N) is 2. The summed E-state index contributed by atoms with van der Waals surface area (Å²) in [6.07, 6.45) is 2.06. The summed E-state index contributed by atoms with van der Waals surface area (Å²) in [5.41, 5.74) is 0.446.